The molecule has 0 amide bonds. The van der Waals surface area contributed by atoms with Gasteiger partial charge in [-0.2, -0.15) is 0 Å². The van der Waals surface area contributed by atoms with Crippen molar-refractivity contribution in [1.29, 1.82) is 0 Å². The highest BCUT2D eigenvalue weighted by molar-refractivity contribution is 5.22. The van der Waals surface area contributed by atoms with Gasteiger partial charge in [-0.1, -0.05) is 42.5 Å². The van der Waals surface area contributed by atoms with Crippen LogP contribution in [0, 0.1) is 11.7 Å². The number of hydrogen-bond donors (Lipinski definition) is 1. The number of likely N-dealkylation sites (tertiary alicyclic amines) is 1. The van der Waals surface area contributed by atoms with Crippen molar-refractivity contribution in [1.82, 2.24) is 4.90 Å². The van der Waals surface area contributed by atoms with Gasteiger partial charge in [-0.05, 0) is 42.6 Å². The first-order valence-electron chi connectivity index (χ1n) is 7.92. The minimum atomic E-state index is -0.213. The lowest BCUT2D eigenvalue weighted by Crippen LogP contribution is -2.39. The van der Waals surface area contributed by atoms with E-state index < -0.39 is 0 Å². The SMILES string of the molecule is OCC1CCCN(Cc2ccccc2)C1c1ccc(F)cc1. The number of piperidine rings is 1. The van der Waals surface area contributed by atoms with Crippen molar-refractivity contribution in [2.75, 3.05) is 13.2 Å². The molecule has 1 aliphatic rings. The van der Waals surface area contributed by atoms with E-state index in [4.69, 9.17) is 0 Å². The van der Waals surface area contributed by atoms with Crippen molar-refractivity contribution in [3.63, 3.8) is 0 Å². The Labute approximate surface area is 131 Å². The summed E-state index contributed by atoms with van der Waals surface area (Å²) in [5, 5.41) is 9.76. The third-order valence-corrected chi connectivity index (χ3v) is 4.53. The molecule has 0 spiro atoms. The molecule has 1 fully saturated rings. The second kappa shape index (κ2) is 7.03. The van der Waals surface area contributed by atoms with Crippen LogP contribution < -0.4 is 0 Å². The van der Waals surface area contributed by atoms with Gasteiger partial charge in [0.25, 0.3) is 0 Å². The molecule has 3 heteroatoms. The number of benzene rings is 2. The average Bonchev–Trinajstić information content (AvgIpc) is 2.56. The normalized spacial score (nSPS) is 22.6. The molecular weight excluding hydrogens is 277 g/mol. The maximum atomic E-state index is 13.2. The number of halogens is 1. The van der Waals surface area contributed by atoms with Crippen molar-refractivity contribution >= 4 is 0 Å². The van der Waals surface area contributed by atoms with Gasteiger partial charge in [-0.3, -0.25) is 4.90 Å². The third-order valence-electron chi connectivity index (χ3n) is 4.53. The lowest BCUT2D eigenvalue weighted by atomic mass is 9.85. The summed E-state index contributed by atoms with van der Waals surface area (Å²) in [6.07, 6.45) is 2.11. The van der Waals surface area contributed by atoms with Gasteiger partial charge in [0.1, 0.15) is 5.82 Å². The van der Waals surface area contributed by atoms with Crippen LogP contribution in [0.3, 0.4) is 0 Å². The zero-order chi connectivity index (χ0) is 15.4. The molecule has 2 nitrogen and oxygen atoms in total. The van der Waals surface area contributed by atoms with Crippen molar-refractivity contribution in [3.8, 4) is 0 Å². The molecule has 1 aliphatic heterocycles. The van der Waals surface area contributed by atoms with Crippen molar-refractivity contribution in [2.45, 2.75) is 25.4 Å². The minimum absolute atomic E-state index is 0.152. The number of aliphatic hydroxyl groups is 1. The van der Waals surface area contributed by atoms with Gasteiger partial charge >= 0.3 is 0 Å². The highest BCUT2D eigenvalue weighted by Gasteiger charge is 2.32. The standard InChI is InChI=1S/C19H22FNO/c20-18-10-8-16(9-11-18)19-17(14-22)7-4-12-21(19)13-15-5-2-1-3-6-15/h1-3,5-6,8-11,17,19,22H,4,7,12-14H2. The Morgan fingerprint density at radius 2 is 1.77 bits per heavy atom. The van der Waals surface area contributed by atoms with Gasteiger partial charge in [-0.15, -0.1) is 0 Å². The first-order chi connectivity index (χ1) is 10.8. The average molecular weight is 299 g/mol. The Bertz CT molecular complexity index is 584. The molecule has 116 valence electrons. The largest absolute Gasteiger partial charge is 0.396 e. The van der Waals surface area contributed by atoms with Crippen molar-refractivity contribution < 1.29 is 9.50 Å². The van der Waals surface area contributed by atoms with E-state index in [1.54, 1.807) is 0 Å². The zero-order valence-electron chi connectivity index (χ0n) is 12.7. The molecule has 2 unspecified atom stereocenters. The molecule has 1 N–H and O–H groups in total. The van der Waals surface area contributed by atoms with E-state index >= 15 is 0 Å². The smallest absolute Gasteiger partial charge is 0.123 e. The zero-order valence-corrected chi connectivity index (χ0v) is 12.7. The van der Waals surface area contributed by atoms with E-state index in [0.717, 1.165) is 31.5 Å². The van der Waals surface area contributed by atoms with Crippen LogP contribution in [0.5, 0.6) is 0 Å². The Morgan fingerprint density at radius 1 is 1.05 bits per heavy atom. The van der Waals surface area contributed by atoms with Crippen LogP contribution in [0.2, 0.25) is 0 Å². The Hall–Kier alpha value is -1.71. The summed E-state index contributed by atoms with van der Waals surface area (Å²) in [6, 6.07) is 17.3. The van der Waals surface area contributed by atoms with Crippen molar-refractivity contribution in [2.24, 2.45) is 5.92 Å². The summed E-state index contributed by atoms with van der Waals surface area (Å²) < 4.78 is 13.2. The summed E-state index contributed by atoms with van der Waals surface area (Å²) in [5.41, 5.74) is 2.37. The number of aliphatic hydroxyl groups excluding tert-OH is 1. The van der Waals surface area contributed by atoms with Gasteiger partial charge in [-0.25, -0.2) is 4.39 Å². The van der Waals surface area contributed by atoms with E-state index in [1.165, 1.54) is 17.7 Å². The van der Waals surface area contributed by atoms with Crippen LogP contribution in [0.15, 0.2) is 54.6 Å². The second-order valence-corrected chi connectivity index (χ2v) is 6.04. The first kappa shape index (κ1) is 15.2. The summed E-state index contributed by atoms with van der Waals surface area (Å²) >= 11 is 0. The Morgan fingerprint density at radius 3 is 2.45 bits per heavy atom. The molecule has 3 rings (SSSR count). The van der Waals surface area contributed by atoms with Crippen molar-refractivity contribution in [3.05, 3.63) is 71.5 Å². The molecule has 0 aromatic heterocycles. The Balaban J connectivity index is 1.86. The molecule has 0 radical (unpaired) electrons. The summed E-state index contributed by atoms with van der Waals surface area (Å²) in [4.78, 5) is 2.41. The van der Waals surface area contributed by atoms with Gasteiger partial charge in [0.2, 0.25) is 0 Å². The molecule has 0 saturated carbocycles. The maximum absolute atomic E-state index is 13.2. The fourth-order valence-corrected chi connectivity index (χ4v) is 3.48. The van der Waals surface area contributed by atoms with E-state index in [9.17, 15) is 9.50 Å². The molecule has 2 atom stereocenters. The van der Waals surface area contributed by atoms with Crippen LogP contribution in [-0.2, 0) is 6.54 Å². The van der Waals surface area contributed by atoms with Crippen LogP contribution in [0.1, 0.15) is 30.0 Å². The van der Waals surface area contributed by atoms with E-state index in [0.29, 0.717) is 0 Å². The molecule has 2 aromatic rings. The lowest BCUT2D eigenvalue weighted by Gasteiger charge is -2.41. The van der Waals surface area contributed by atoms with Gasteiger partial charge in [0.15, 0.2) is 0 Å². The van der Waals surface area contributed by atoms with Gasteiger partial charge < -0.3 is 5.11 Å². The highest BCUT2D eigenvalue weighted by Crippen LogP contribution is 2.36. The predicted molar refractivity (Wildman–Crippen MR) is 85.8 cm³/mol. The van der Waals surface area contributed by atoms with Gasteiger partial charge in [0.05, 0.1) is 0 Å². The van der Waals surface area contributed by atoms with Crippen LogP contribution in [0.4, 0.5) is 4.39 Å². The minimum Gasteiger partial charge on any atom is -0.396 e. The maximum Gasteiger partial charge on any atom is 0.123 e. The third kappa shape index (κ3) is 3.37. The monoisotopic (exact) mass is 299 g/mol. The van der Waals surface area contributed by atoms with Crippen LogP contribution in [-0.4, -0.2) is 23.2 Å². The fourth-order valence-electron chi connectivity index (χ4n) is 3.48. The molecular formula is C19H22FNO. The molecule has 0 bridgehead atoms. The Kier molecular flexibility index (Phi) is 4.86. The predicted octanol–water partition coefficient (Wildman–Crippen LogP) is 3.77. The van der Waals surface area contributed by atoms with Crippen LogP contribution >= 0.6 is 0 Å². The van der Waals surface area contributed by atoms with Gasteiger partial charge in [0, 0.05) is 25.1 Å². The molecule has 1 heterocycles. The summed E-state index contributed by atoms with van der Waals surface area (Å²) in [7, 11) is 0. The number of nitrogens with zero attached hydrogens (tertiary/aromatic N) is 1. The fraction of sp³-hybridized carbons (Fsp3) is 0.368. The number of hydrogen-bond acceptors (Lipinski definition) is 2. The molecule has 0 aliphatic carbocycles. The van der Waals surface area contributed by atoms with Crippen LogP contribution in [0.25, 0.3) is 0 Å². The van der Waals surface area contributed by atoms with E-state index in [1.807, 2.05) is 18.2 Å². The van der Waals surface area contributed by atoms with E-state index in [2.05, 4.69) is 29.2 Å². The lowest BCUT2D eigenvalue weighted by molar-refractivity contribution is 0.0494. The summed E-state index contributed by atoms with van der Waals surface area (Å²) in [6.45, 7) is 2.04. The highest BCUT2D eigenvalue weighted by atomic mass is 19.1. The topological polar surface area (TPSA) is 23.5 Å². The quantitative estimate of drug-likeness (QED) is 0.929. The summed E-state index contributed by atoms with van der Waals surface area (Å²) in [5.74, 6) is -0.00218. The second-order valence-electron chi connectivity index (χ2n) is 6.04. The van der Waals surface area contributed by atoms with E-state index in [-0.39, 0.29) is 24.4 Å². The molecule has 1 saturated heterocycles. The molecule has 2 aromatic carbocycles. The number of rotatable bonds is 4. The molecule has 22 heavy (non-hydrogen) atoms. The first-order valence-corrected chi connectivity index (χ1v) is 7.92.